The lowest BCUT2D eigenvalue weighted by atomic mass is 9.92. The van der Waals surface area contributed by atoms with Crippen molar-refractivity contribution in [1.82, 2.24) is 9.80 Å². The molecule has 2 fully saturated rings. The van der Waals surface area contributed by atoms with Crippen molar-refractivity contribution in [3.05, 3.63) is 28.7 Å². The first-order valence-electron chi connectivity index (χ1n) is 8.50. The Morgan fingerprint density at radius 3 is 2.91 bits per heavy atom. The zero-order valence-corrected chi connectivity index (χ0v) is 15.3. The van der Waals surface area contributed by atoms with Crippen molar-refractivity contribution in [1.29, 1.82) is 0 Å². The van der Waals surface area contributed by atoms with Crippen molar-refractivity contribution in [3.8, 4) is 5.75 Å². The first kappa shape index (κ1) is 16.8. The van der Waals surface area contributed by atoms with Gasteiger partial charge in [0.25, 0.3) is 0 Å². The molecule has 1 amide bonds. The molecule has 126 valence electrons. The van der Waals surface area contributed by atoms with Crippen LogP contribution in [0, 0.1) is 5.92 Å². The fourth-order valence-corrected chi connectivity index (χ4v) is 4.12. The molecule has 0 unspecified atom stereocenters. The van der Waals surface area contributed by atoms with E-state index in [1.807, 2.05) is 24.3 Å². The van der Waals surface area contributed by atoms with Gasteiger partial charge in [-0.1, -0.05) is 12.1 Å². The Kier molecular flexibility index (Phi) is 5.59. The number of likely N-dealkylation sites (N-methyl/N-ethyl adjacent to an activating group) is 1. The Bertz CT molecular complexity index is 552. The van der Waals surface area contributed by atoms with Crippen molar-refractivity contribution >= 4 is 21.8 Å². The number of nitrogens with zero attached hydrogens (tertiary/aromatic N) is 2. The van der Waals surface area contributed by atoms with Crippen molar-refractivity contribution in [2.24, 2.45) is 5.92 Å². The number of rotatable bonds is 5. The maximum absolute atomic E-state index is 12.5. The number of benzene rings is 1. The van der Waals surface area contributed by atoms with Gasteiger partial charge in [-0.15, -0.1) is 0 Å². The molecule has 2 heterocycles. The lowest BCUT2D eigenvalue weighted by Gasteiger charge is -2.36. The van der Waals surface area contributed by atoms with Gasteiger partial charge in [0.05, 0.1) is 11.1 Å². The van der Waals surface area contributed by atoms with Gasteiger partial charge >= 0.3 is 0 Å². The Morgan fingerprint density at radius 2 is 2.09 bits per heavy atom. The number of likely N-dealkylation sites (tertiary alicyclic amines) is 2. The number of ether oxygens (including phenoxy) is 1. The van der Waals surface area contributed by atoms with Crippen LogP contribution in [-0.2, 0) is 4.79 Å². The zero-order chi connectivity index (χ0) is 16.2. The summed E-state index contributed by atoms with van der Waals surface area (Å²) in [7, 11) is 2.16. The molecule has 2 atom stereocenters. The number of carbonyl (C=O) groups excluding carboxylic acids is 1. The molecule has 2 aliphatic rings. The number of carbonyl (C=O) groups is 1. The molecule has 0 spiro atoms. The maximum atomic E-state index is 12.5. The molecule has 2 saturated heterocycles. The number of fused-ring (bicyclic) bond motifs is 1. The molecule has 1 aromatic rings. The fraction of sp³-hybridized carbons (Fsp3) is 0.611. The average molecular weight is 381 g/mol. The molecule has 1 aromatic carbocycles. The number of halogens is 1. The van der Waals surface area contributed by atoms with Crippen LogP contribution in [0.25, 0.3) is 0 Å². The van der Waals surface area contributed by atoms with Crippen molar-refractivity contribution in [3.63, 3.8) is 0 Å². The van der Waals surface area contributed by atoms with Gasteiger partial charge in [0.15, 0.2) is 0 Å². The highest BCUT2D eigenvalue weighted by Gasteiger charge is 2.39. The third-order valence-corrected chi connectivity index (χ3v) is 5.67. The van der Waals surface area contributed by atoms with Gasteiger partial charge < -0.3 is 14.5 Å². The first-order valence-corrected chi connectivity index (χ1v) is 9.30. The summed E-state index contributed by atoms with van der Waals surface area (Å²) in [6.45, 7) is 3.72. The summed E-state index contributed by atoms with van der Waals surface area (Å²) >= 11 is 3.47. The first-order chi connectivity index (χ1) is 11.1. The van der Waals surface area contributed by atoms with Crippen molar-refractivity contribution in [2.45, 2.75) is 31.7 Å². The smallest absolute Gasteiger partial charge is 0.222 e. The molecule has 23 heavy (non-hydrogen) atoms. The quantitative estimate of drug-likeness (QED) is 0.735. The van der Waals surface area contributed by atoms with E-state index < -0.39 is 0 Å². The lowest BCUT2D eigenvalue weighted by molar-refractivity contribution is -0.133. The standard InChI is InChI=1S/C18H25BrN2O2/c1-20-10-8-14-9-11-21(16(14)13-20)18(22)7-4-12-23-17-6-3-2-5-15(17)19/h2-3,5-6,14,16H,4,7-13H2,1H3/t14-,16+/m0/s1. The Balaban J connectivity index is 1.44. The second kappa shape index (κ2) is 7.67. The van der Waals surface area contributed by atoms with Gasteiger partial charge in [0.2, 0.25) is 5.91 Å². The summed E-state index contributed by atoms with van der Waals surface area (Å²) in [5.74, 6) is 1.85. The van der Waals surface area contributed by atoms with Gasteiger partial charge in [0.1, 0.15) is 5.75 Å². The summed E-state index contributed by atoms with van der Waals surface area (Å²) in [6, 6.07) is 8.25. The number of hydrogen-bond donors (Lipinski definition) is 0. The van der Waals surface area contributed by atoms with E-state index in [9.17, 15) is 4.79 Å². The van der Waals surface area contributed by atoms with Crippen LogP contribution >= 0.6 is 15.9 Å². The fourth-order valence-electron chi connectivity index (χ4n) is 3.72. The molecule has 0 aromatic heterocycles. The number of amides is 1. The number of hydrogen-bond acceptors (Lipinski definition) is 3. The minimum Gasteiger partial charge on any atom is -0.492 e. The molecular weight excluding hydrogens is 356 g/mol. The van der Waals surface area contributed by atoms with Crippen LogP contribution < -0.4 is 4.74 Å². The van der Waals surface area contributed by atoms with E-state index in [1.165, 1.54) is 19.4 Å². The van der Waals surface area contributed by atoms with Crippen molar-refractivity contribution in [2.75, 3.05) is 33.3 Å². The monoisotopic (exact) mass is 380 g/mol. The van der Waals surface area contributed by atoms with Crippen molar-refractivity contribution < 1.29 is 9.53 Å². The third kappa shape index (κ3) is 4.07. The molecule has 0 N–H and O–H groups in total. The predicted molar refractivity (Wildman–Crippen MR) is 94.6 cm³/mol. The molecule has 0 saturated carbocycles. The predicted octanol–water partition coefficient (Wildman–Crippen LogP) is 3.16. The maximum Gasteiger partial charge on any atom is 0.222 e. The third-order valence-electron chi connectivity index (χ3n) is 5.02. The zero-order valence-electron chi connectivity index (χ0n) is 13.7. The van der Waals surface area contributed by atoms with Crippen LogP contribution in [0.5, 0.6) is 5.75 Å². The van der Waals surface area contributed by atoms with E-state index in [1.54, 1.807) is 0 Å². The summed E-state index contributed by atoms with van der Waals surface area (Å²) in [6.07, 6.45) is 3.76. The summed E-state index contributed by atoms with van der Waals surface area (Å²) < 4.78 is 6.71. The van der Waals surface area contributed by atoms with Crippen LogP contribution in [0.4, 0.5) is 0 Å². The van der Waals surface area contributed by atoms with Gasteiger partial charge in [-0.2, -0.15) is 0 Å². The normalized spacial score (nSPS) is 24.5. The minimum atomic E-state index is 0.295. The van der Waals surface area contributed by atoms with E-state index in [-0.39, 0.29) is 0 Å². The molecule has 0 aliphatic carbocycles. The Hall–Kier alpha value is -1.07. The van der Waals surface area contributed by atoms with E-state index in [2.05, 4.69) is 32.8 Å². The van der Waals surface area contributed by atoms with Crippen LogP contribution in [0.3, 0.4) is 0 Å². The van der Waals surface area contributed by atoms with Gasteiger partial charge in [0, 0.05) is 25.6 Å². The van der Waals surface area contributed by atoms with Crippen LogP contribution in [0.2, 0.25) is 0 Å². The van der Waals surface area contributed by atoms with Gasteiger partial charge in [-0.05, 0) is 66.8 Å². The second-order valence-electron chi connectivity index (χ2n) is 6.64. The van der Waals surface area contributed by atoms with Crippen LogP contribution in [-0.4, -0.2) is 55.0 Å². The Labute approximate surface area is 146 Å². The highest BCUT2D eigenvalue weighted by molar-refractivity contribution is 9.10. The van der Waals surface area contributed by atoms with E-state index in [4.69, 9.17) is 4.74 Å². The van der Waals surface area contributed by atoms with E-state index in [0.717, 1.165) is 29.7 Å². The molecule has 4 nitrogen and oxygen atoms in total. The summed E-state index contributed by atoms with van der Waals surface area (Å²) in [5, 5.41) is 0. The van der Waals surface area contributed by atoms with Gasteiger partial charge in [-0.3, -0.25) is 4.79 Å². The van der Waals surface area contributed by atoms with Crippen LogP contribution in [0.1, 0.15) is 25.7 Å². The van der Waals surface area contributed by atoms with E-state index in [0.29, 0.717) is 30.9 Å². The largest absolute Gasteiger partial charge is 0.492 e. The topological polar surface area (TPSA) is 32.8 Å². The molecule has 3 rings (SSSR count). The summed E-state index contributed by atoms with van der Waals surface area (Å²) in [5.41, 5.74) is 0. The number of para-hydroxylation sites is 1. The Morgan fingerprint density at radius 1 is 1.30 bits per heavy atom. The van der Waals surface area contributed by atoms with Crippen LogP contribution in [0.15, 0.2) is 28.7 Å². The molecule has 0 radical (unpaired) electrons. The number of piperidine rings is 1. The average Bonchev–Trinajstić information content (AvgIpc) is 2.96. The minimum absolute atomic E-state index is 0.295. The van der Waals surface area contributed by atoms with E-state index >= 15 is 0 Å². The molecule has 0 bridgehead atoms. The lowest BCUT2D eigenvalue weighted by Crippen LogP contribution is -2.48. The SMILES string of the molecule is CN1CC[C@H]2CCN(C(=O)CCCOc3ccccc3Br)[C@@H]2C1. The molecular formula is C18H25BrN2O2. The second-order valence-corrected chi connectivity index (χ2v) is 7.49. The molecule has 2 aliphatic heterocycles. The summed E-state index contributed by atoms with van der Waals surface area (Å²) in [4.78, 5) is 17.0. The van der Waals surface area contributed by atoms with Gasteiger partial charge in [-0.25, -0.2) is 0 Å². The molecule has 5 heteroatoms. The highest BCUT2D eigenvalue weighted by atomic mass is 79.9. The highest BCUT2D eigenvalue weighted by Crippen LogP contribution is 2.31.